The number of nitrogens with one attached hydrogen (secondary N) is 1. The molecule has 6 nitrogen and oxygen atoms in total. The van der Waals surface area contributed by atoms with Gasteiger partial charge in [0.1, 0.15) is 0 Å². The van der Waals surface area contributed by atoms with E-state index in [1.165, 1.54) is 11.3 Å². The van der Waals surface area contributed by atoms with Crippen molar-refractivity contribution in [3.05, 3.63) is 35.8 Å². The Morgan fingerprint density at radius 1 is 1.40 bits per heavy atom. The van der Waals surface area contributed by atoms with Crippen molar-refractivity contribution < 1.29 is 4.79 Å². The molecule has 0 atom stereocenters. The number of primary amides is 1. The molecule has 3 heterocycles. The third kappa shape index (κ3) is 2.42. The first-order valence-corrected chi connectivity index (χ1v) is 6.73. The Hall–Kier alpha value is -2.21. The first-order valence-electron chi connectivity index (χ1n) is 6.73. The molecule has 0 aromatic carbocycles. The van der Waals surface area contributed by atoms with Crippen LogP contribution in [0.4, 0.5) is 0 Å². The van der Waals surface area contributed by atoms with Crippen molar-refractivity contribution in [3.63, 3.8) is 0 Å². The van der Waals surface area contributed by atoms with Crippen LogP contribution in [0.5, 0.6) is 0 Å². The minimum absolute atomic E-state index is 0.298. The molecule has 1 aliphatic rings. The van der Waals surface area contributed by atoms with Crippen molar-refractivity contribution in [1.29, 1.82) is 0 Å². The average Bonchev–Trinajstić information content (AvgIpc) is 2.85. The molecule has 2 aromatic heterocycles. The Morgan fingerprint density at radius 2 is 2.20 bits per heavy atom. The van der Waals surface area contributed by atoms with Crippen LogP contribution in [0.25, 0.3) is 11.3 Å². The SMILES string of the molecule is NC(=O)CCn1nc(-c2ccncc2)c2c1CCNC2. The van der Waals surface area contributed by atoms with Crippen LogP contribution in [0.15, 0.2) is 24.5 Å². The van der Waals surface area contributed by atoms with E-state index < -0.39 is 0 Å². The zero-order valence-electron chi connectivity index (χ0n) is 11.2. The zero-order chi connectivity index (χ0) is 13.9. The predicted octanol–water partition coefficient (Wildman–Crippen LogP) is 0.466. The summed E-state index contributed by atoms with van der Waals surface area (Å²) >= 11 is 0. The van der Waals surface area contributed by atoms with Crippen LogP contribution in [-0.4, -0.2) is 27.2 Å². The van der Waals surface area contributed by atoms with E-state index in [1.54, 1.807) is 12.4 Å². The molecule has 1 amide bonds. The highest BCUT2D eigenvalue weighted by atomic mass is 16.1. The average molecular weight is 271 g/mol. The van der Waals surface area contributed by atoms with E-state index in [0.29, 0.717) is 13.0 Å². The summed E-state index contributed by atoms with van der Waals surface area (Å²) in [5.41, 5.74) is 9.68. The maximum Gasteiger partial charge on any atom is 0.219 e. The molecule has 1 aliphatic heterocycles. The highest BCUT2D eigenvalue weighted by Crippen LogP contribution is 2.27. The maximum absolute atomic E-state index is 11.0. The number of hydrogen-bond donors (Lipinski definition) is 2. The molecule has 0 unspecified atom stereocenters. The van der Waals surface area contributed by atoms with Gasteiger partial charge >= 0.3 is 0 Å². The minimum atomic E-state index is -0.298. The summed E-state index contributed by atoms with van der Waals surface area (Å²) in [4.78, 5) is 15.0. The lowest BCUT2D eigenvalue weighted by Crippen LogP contribution is -2.25. The van der Waals surface area contributed by atoms with Crippen LogP contribution >= 0.6 is 0 Å². The molecule has 20 heavy (non-hydrogen) atoms. The van der Waals surface area contributed by atoms with E-state index in [0.717, 1.165) is 30.8 Å². The van der Waals surface area contributed by atoms with Crippen LogP contribution < -0.4 is 11.1 Å². The van der Waals surface area contributed by atoms with Gasteiger partial charge in [0.2, 0.25) is 5.91 Å². The normalized spacial score (nSPS) is 14.0. The molecule has 0 fully saturated rings. The van der Waals surface area contributed by atoms with Crippen LogP contribution in [0.1, 0.15) is 17.7 Å². The second-order valence-corrected chi connectivity index (χ2v) is 4.88. The second-order valence-electron chi connectivity index (χ2n) is 4.88. The van der Waals surface area contributed by atoms with Crippen molar-refractivity contribution in [2.75, 3.05) is 6.54 Å². The number of aromatic nitrogens is 3. The molecule has 0 radical (unpaired) electrons. The lowest BCUT2D eigenvalue weighted by atomic mass is 10.0. The van der Waals surface area contributed by atoms with Crippen molar-refractivity contribution in [2.24, 2.45) is 5.73 Å². The van der Waals surface area contributed by atoms with Gasteiger partial charge in [-0.3, -0.25) is 14.5 Å². The summed E-state index contributed by atoms with van der Waals surface area (Å²) in [6, 6.07) is 3.91. The topological polar surface area (TPSA) is 85.8 Å². The fourth-order valence-corrected chi connectivity index (χ4v) is 2.56. The second kappa shape index (κ2) is 5.42. The molecule has 0 aliphatic carbocycles. The number of carbonyl (C=O) groups excluding carboxylic acids is 1. The van der Waals surface area contributed by atoms with Crippen molar-refractivity contribution in [3.8, 4) is 11.3 Å². The highest BCUT2D eigenvalue weighted by molar-refractivity contribution is 5.73. The van der Waals surface area contributed by atoms with E-state index in [9.17, 15) is 4.79 Å². The maximum atomic E-state index is 11.0. The Balaban J connectivity index is 2.00. The summed E-state index contributed by atoms with van der Waals surface area (Å²) in [5.74, 6) is -0.298. The number of aryl methyl sites for hydroxylation is 1. The Bertz CT molecular complexity index is 620. The number of amides is 1. The Labute approximate surface area is 117 Å². The van der Waals surface area contributed by atoms with Crippen molar-refractivity contribution in [2.45, 2.75) is 25.9 Å². The van der Waals surface area contributed by atoms with Gasteiger partial charge in [-0.05, 0) is 12.1 Å². The lowest BCUT2D eigenvalue weighted by molar-refractivity contribution is -0.118. The molecule has 3 rings (SSSR count). The molecular formula is C14H17N5O. The number of pyridine rings is 1. The molecule has 0 spiro atoms. The number of hydrogen-bond acceptors (Lipinski definition) is 4. The summed E-state index contributed by atoms with van der Waals surface area (Å²) in [6.45, 7) is 2.29. The van der Waals surface area contributed by atoms with Gasteiger partial charge in [0.15, 0.2) is 0 Å². The van der Waals surface area contributed by atoms with Gasteiger partial charge in [-0.2, -0.15) is 5.10 Å². The minimum Gasteiger partial charge on any atom is -0.370 e. The summed E-state index contributed by atoms with van der Waals surface area (Å²) in [7, 11) is 0. The third-order valence-corrected chi connectivity index (χ3v) is 3.53. The van der Waals surface area contributed by atoms with Gasteiger partial charge in [0.05, 0.1) is 5.69 Å². The number of rotatable bonds is 4. The highest BCUT2D eigenvalue weighted by Gasteiger charge is 2.21. The van der Waals surface area contributed by atoms with Crippen molar-refractivity contribution in [1.82, 2.24) is 20.1 Å². The molecule has 0 bridgehead atoms. The zero-order valence-corrected chi connectivity index (χ0v) is 11.2. The molecular weight excluding hydrogens is 254 g/mol. The van der Waals surface area contributed by atoms with Gasteiger partial charge in [0.25, 0.3) is 0 Å². The van der Waals surface area contributed by atoms with Gasteiger partial charge in [-0.15, -0.1) is 0 Å². The van der Waals surface area contributed by atoms with Gasteiger partial charge in [0, 0.05) is 61.7 Å². The molecule has 3 N–H and O–H groups in total. The monoisotopic (exact) mass is 271 g/mol. The quantitative estimate of drug-likeness (QED) is 0.846. The Kier molecular flexibility index (Phi) is 3.47. The standard InChI is InChI=1S/C14H17N5O/c15-13(20)4-8-19-12-3-7-17-9-11(12)14(18-19)10-1-5-16-6-2-10/h1-2,5-6,17H,3-4,7-9H2,(H2,15,20). The van der Waals surface area contributed by atoms with Crippen LogP contribution in [0, 0.1) is 0 Å². The van der Waals surface area contributed by atoms with E-state index in [4.69, 9.17) is 5.73 Å². The third-order valence-electron chi connectivity index (χ3n) is 3.53. The fourth-order valence-electron chi connectivity index (χ4n) is 2.56. The first-order chi connectivity index (χ1) is 9.75. The van der Waals surface area contributed by atoms with Crippen molar-refractivity contribution >= 4 is 5.91 Å². The van der Waals surface area contributed by atoms with Crippen LogP contribution in [0.2, 0.25) is 0 Å². The summed E-state index contributed by atoms with van der Waals surface area (Å²) < 4.78 is 1.93. The van der Waals surface area contributed by atoms with Gasteiger partial charge < -0.3 is 11.1 Å². The lowest BCUT2D eigenvalue weighted by Gasteiger charge is -2.15. The fraction of sp³-hybridized carbons (Fsp3) is 0.357. The number of nitrogens with zero attached hydrogens (tertiary/aromatic N) is 3. The molecule has 0 saturated carbocycles. The van der Waals surface area contributed by atoms with E-state index >= 15 is 0 Å². The molecule has 2 aromatic rings. The van der Waals surface area contributed by atoms with E-state index in [1.807, 2.05) is 16.8 Å². The first kappa shape index (κ1) is 12.8. The smallest absolute Gasteiger partial charge is 0.219 e. The van der Waals surface area contributed by atoms with E-state index in [-0.39, 0.29) is 5.91 Å². The van der Waals surface area contributed by atoms with Crippen LogP contribution in [-0.2, 0) is 24.3 Å². The number of fused-ring (bicyclic) bond motifs is 1. The summed E-state index contributed by atoms with van der Waals surface area (Å²) in [6.07, 6.45) is 4.77. The number of carbonyl (C=O) groups is 1. The largest absolute Gasteiger partial charge is 0.370 e. The van der Waals surface area contributed by atoms with Gasteiger partial charge in [-0.25, -0.2) is 0 Å². The van der Waals surface area contributed by atoms with Gasteiger partial charge in [-0.1, -0.05) is 0 Å². The van der Waals surface area contributed by atoms with Crippen LogP contribution in [0.3, 0.4) is 0 Å². The molecule has 104 valence electrons. The van der Waals surface area contributed by atoms with E-state index in [2.05, 4.69) is 15.4 Å². The molecule has 6 heteroatoms. The molecule has 0 saturated heterocycles. The number of nitrogens with two attached hydrogens (primary N) is 1. The predicted molar refractivity (Wildman–Crippen MR) is 74.7 cm³/mol. The summed E-state index contributed by atoms with van der Waals surface area (Å²) in [5, 5.41) is 8.04. The Morgan fingerprint density at radius 3 is 2.95 bits per heavy atom.